The molecule has 2 heterocycles. The van der Waals surface area contributed by atoms with Crippen molar-refractivity contribution in [2.24, 2.45) is 0 Å². The maximum Gasteiger partial charge on any atom is 0.292 e. The fourth-order valence-corrected chi connectivity index (χ4v) is 0.847. The predicted molar refractivity (Wildman–Crippen MR) is 41.9 cm³/mol. The van der Waals surface area contributed by atoms with Crippen LogP contribution in [0.1, 0.15) is 0 Å². The average molecular weight is 162 g/mol. The van der Waals surface area contributed by atoms with E-state index in [2.05, 4.69) is 15.0 Å². The third-order valence-corrected chi connectivity index (χ3v) is 1.37. The molecule has 2 rings (SSSR count). The maximum atomic E-state index is 5.30. The van der Waals surface area contributed by atoms with E-state index >= 15 is 0 Å². The largest absolute Gasteiger partial charge is 0.424 e. The first-order chi connectivity index (χ1) is 5.86. The van der Waals surface area contributed by atoms with Crippen LogP contribution >= 0.6 is 0 Å². The van der Waals surface area contributed by atoms with Crippen LogP contribution in [0.5, 0.6) is 0 Å². The number of nitrogens with zero attached hydrogens (tertiary/aromatic N) is 3. The van der Waals surface area contributed by atoms with Gasteiger partial charge in [0.1, 0.15) is 6.33 Å². The first kappa shape index (κ1) is 6.78. The number of rotatable bonds is 1. The van der Waals surface area contributed by atoms with Crippen LogP contribution in [-0.4, -0.2) is 15.0 Å². The van der Waals surface area contributed by atoms with Crippen LogP contribution in [0.4, 0.5) is 6.01 Å². The van der Waals surface area contributed by atoms with Crippen molar-refractivity contribution in [3.8, 4) is 11.3 Å². The summed E-state index contributed by atoms with van der Waals surface area (Å²) in [6, 6.07) is 0.147. The molecule has 0 spiro atoms. The lowest BCUT2D eigenvalue weighted by Gasteiger charge is -1.90. The Labute approximate surface area is 68.3 Å². The molecule has 0 bridgehead atoms. The smallest absolute Gasteiger partial charge is 0.292 e. The van der Waals surface area contributed by atoms with Crippen LogP contribution in [0.15, 0.2) is 29.3 Å². The van der Waals surface area contributed by atoms with Gasteiger partial charge < -0.3 is 10.2 Å². The van der Waals surface area contributed by atoms with E-state index < -0.39 is 0 Å². The van der Waals surface area contributed by atoms with Gasteiger partial charge in [0, 0.05) is 12.4 Å². The van der Waals surface area contributed by atoms with Gasteiger partial charge in [-0.2, -0.15) is 0 Å². The van der Waals surface area contributed by atoms with Gasteiger partial charge in [-0.05, 0) is 0 Å². The predicted octanol–water partition coefficient (Wildman–Crippen LogP) is 0.714. The van der Waals surface area contributed by atoms with Gasteiger partial charge >= 0.3 is 0 Å². The molecule has 0 saturated heterocycles. The molecular formula is C7H6N4O. The molecule has 2 aromatic rings. The summed E-state index contributed by atoms with van der Waals surface area (Å²) in [5, 5.41) is 0. The summed E-state index contributed by atoms with van der Waals surface area (Å²) in [5.41, 5.74) is 6.06. The van der Waals surface area contributed by atoms with E-state index in [0.29, 0.717) is 5.76 Å². The van der Waals surface area contributed by atoms with Crippen LogP contribution in [0.3, 0.4) is 0 Å². The van der Waals surface area contributed by atoms with E-state index in [1.54, 1.807) is 12.4 Å². The monoisotopic (exact) mass is 162 g/mol. The second-order valence-corrected chi connectivity index (χ2v) is 2.19. The van der Waals surface area contributed by atoms with E-state index in [1.807, 2.05) is 0 Å². The van der Waals surface area contributed by atoms with Gasteiger partial charge in [-0.1, -0.05) is 0 Å². The molecule has 0 aliphatic heterocycles. The molecule has 0 atom stereocenters. The normalized spacial score (nSPS) is 10.0. The van der Waals surface area contributed by atoms with Crippen molar-refractivity contribution >= 4 is 6.01 Å². The fraction of sp³-hybridized carbons (Fsp3) is 0. The zero-order valence-electron chi connectivity index (χ0n) is 6.14. The van der Waals surface area contributed by atoms with E-state index in [9.17, 15) is 0 Å². The zero-order valence-corrected chi connectivity index (χ0v) is 6.14. The van der Waals surface area contributed by atoms with Crippen LogP contribution < -0.4 is 5.73 Å². The molecule has 0 amide bonds. The Kier molecular flexibility index (Phi) is 1.48. The van der Waals surface area contributed by atoms with E-state index in [1.165, 1.54) is 12.5 Å². The summed E-state index contributed by atoms with van der Waals surface area (Å²) in [6.45, 7) is 0. The van der Waals surface area contributed by atoms with Crippen molar-refractivity contribution in [1.82, 2.24) is 15.0 Å². The Morgan fingerprint density at radius 2 is 1.92 bits per heavy atom. The fourth-order valence-electron chi connectivity index (χ4n) is 0.847. The zero-order chi connectivity index (χ0) is 8.39. The van der Waals surface area contributed by atoms with Gasteiger partial charge in [0.2, 0.25) is 0 Å². The lowest BCUT2D eigenvalue weighted by molar-refractivity contribution is 0.594. The van der Waals surface area contributed by atoms with Crippen LogP contribution in [-0.2, 0) is 0 Å². The van der Waals surface area contributed by atoms with Crippen molar-refractivity contribution < 1.29 is 4.42 Å². The number of hydrogen-bond donors (Lipinski definition) is 1. The quantitative estimate of drug-likeness (QED) is 0.668. The lowest BCUT2D eigenvalue weighted by Crippen LogP contribution is -1.80. The molecule has 5 heteroatoms. The molecule has 2 N–H and O–H groups in total. The average Bonchev–Trinajstić information content (AvgIpc) is 2.54. The van der Waals surface area contributed by atoms with Crippen LogP contribution in [0.25, 0.3) is 11.3 Å². The standard InChI is InChI=1S/C7H6N4O/c8-7-11-3-6(12-7)5-1-9-4-10-2-5/h1-4H,(H2,8,11). The first-order valence-corrected chi connectivity index (χ1v) is 3.33. The highest BCUT2D eigenvalue weighted by Crippen LogP contribution is 2.18. The van der Waals surface area contributed by atoms with E-state index in [0.717, 1.165) is 5.56 Å². The SMILES string of the molecule is Nc1ncc(-c2cncnc2)o1. The molecule has 2 aromatic heterocycles. The minimum absolute atomic E-state index is 0.147. The Bertz CT molecular complexity index is 370. The van der Waals surface area contributed by atoms with Crippen molar-refractivity contribution in [2.45, 2.75) is 0 Å². The summed E-state index contributed by atoms with van der Waals surface area (Å²) in [7, 11) is 0. The Morgan fingerprint density at radius 3 is 2.50 bits per heavy atom. The number of hydrogen-bond acceptors (Lipinski definition) is 5. The van der Waals surface area contributed by atoms with Gasteiger partial charge in [0.15, 0.2) is 5.76 Å². The van der Waals surface area contributed by atoms with Gasteiger partial charge in [0.05, 0.1) is 11.8 Å². The molecule has 0 fully saturated rings. The molecule has 0 saturated carbocycles. The molecule has 0 aliphatic rings. The highest BCUT2D eigenvalue weighted by molar-refractivity contribution is 5.54. The third-order valence-electron chi connectivity index (χ3n) is 1.37. The first-order valence-electron chi connectivity index (χ1n) is 3.33. The highest BCUT2D eigenvalue weighted by atomic mass is 16.4. The van der Waals surface area contributed by atoms with E-state index in [4.69, 9.17) is 10.2 Å². The number of anilines is 1. The van der Waals surface area contributed by atoms with Crippen molar-refractivity contribution in [2.75, 3.05) is 5.73 Å². The molecular weight excluding hydrogens is 156 g/mol. The summed E-state index contributed by atoms with van der Waals surface area (Å²) in [5.74, 6) is 0.577. The second kappa shape index (κ2) is 2.61. The van der Waals surface area contributed by atoms with Gasteiger partial charge in [0.25, 0.3) is 6.01 Å². The topological polar surface area (TPSA) is 77.8 Å². The Morgan fingerprint density at radius 1 is 1.17 bits per heavy atom. The number of aromatic nitrogens is 3. The Balaban J connectivity index is 2.45. The highest BCUT2D eigenvalue weighted by Gasteiger charge is 2.02. The molecule has 0 unspecified atom stereocenters. The van der Waals surface area contributed by atoms with Crippen molar-refractivity contribution in [3.63, 3.8) is 0 Å². The van der Waals surface area contributed by atoms with Gasteiger partial charge in [-0.25, -0.2) is 15.0 Å². The van der Waals surface area contributed by atoms with Gasteiger partial charge in [-0.15, -0.1) is 0 Å². The number of oxazole rings is 1. The molecule has 0 radical (unpaired) electrons. The molecule has 5 nitrogen and oxygen atoms in total. The number of nitrogens with two attached hydrogens (primary N) is 1. The number of nitrogen functional groups attached to an aromatic ring is 1. The maximum absolute atomic E-state index is 5.30. The van der Waals surface area contributed by atoms with Gasteiger partial charge in [-0.3, -0.25) is 0 Å². The van der Waals surface area contributed by atoms with Crippen LogP contribution in [0.2, 0.25) is 0 Å². The Hall–Kier alpha value is -1.91. The summed E-state index contributed by atoms with van der Waals surface area (Å²) in [6.07, 6.45) is 6.25. The van der Waals surface area contributed by atoms with E-state index in [-0.39, 0.29) is 6.01 Å². The van der Waals surface area contributed by atoms with Crippen molar-refractivity contribution in [1.29, 1.82) is 0 Å². The molecule has 0 aromatic carbocycles. The minimum Gasteiger partial charge on any atom is -0.424 e. The second-order valence-electron chi connectivity index (χ2n) is 2.19. The molecule has 0 aliphatic carbocycles. The van der Waals surface area contributed by atoms with Crippen molar-refractivity contribution in [3.05, 3.63) is 24.9 Å². The summed E-state index contributed by atoms with van der Waals surface area (Å²) >= 11 is 0. The molecule has 12 heavy (non-hydrogen) atoms. The lowest BCUT2D eigenvalue weighted by atomic mass is 10.3. The summed E-state index contributed by atoms with van der Waals surface area (Å²) in [4.78, 5) is 11.4. The molecule has 60 valence electrons. The third kappa shape index (κ3) is 1.12. The summed E-state index contributed by atoms with van der Waals surface area (Å²) < 4.78 is 5.06. The van der Waals surface area contributed by atoms with Crippen LogP contribution in [0, 0.1) is 0 Å². The minimum atomic E-state index is 0.147.